The second-order valence-electron chi connectivity index (χ2n) is 7.40. The number of hydrogen-bond acceptors (Lipinski definition) is 6. The highest BCUT2D eigenvalue weighted by Crippen LogP contribution is 2.22. The van der Waals surface area contributed by atoms with Crippen LogP contribution in [-0.4, -0.2) is 45.4 Å². The highest BCUT2D eigenvalue weighted by Gasteiger charge is 2.07. The molecular weight excluding hydrogens is 473 g/mol. The lowest BCUT2D eigenvalue weighted by Gasteiger charge is -2.11. The van der Waals surface area contributed by atoms with Crippen molar-refractivity contribution in [3.63, 3.8) is 0 Å². The Hall–Kier alpha value is -1.02. The van der Waals surface area contributed by atoms with Gasteiger partial charge in [-0.25, -0.2) is 0 Å². The van der Waals surface area contributed by atoms with Gasteiger partial charge >= 0.3 is 0 Å². The Morgan fingerprint density at radius 2 is 0.875 bits per heavy atom. The van der Waals surface area contributed by atoms with Crippen molar-refractivity contribution < 1.29 is 10.2 Å². The maximum Gasteiger partial charge on any atom is 0.0724 e. The smallest absolute Gasteiger partial charge is 0.0724 e. The number of benzene rings is 3. The standard InChI is InChI=1S/C26H30O2S4/c27-23(19-31-25-7-3-1-4-8-25)17-29-15-21-11-13-22(14-12-21)16-30-18-24(28)20-32-26-9-5-2-6-10-26/h1-14,23-24,27-28H,15-20H2. The lowest BCUT2D eigenvalue weighted by atomic mass is 10.2. The van der Waals surface area contributed by atoms with Crippen molar-refractivity contribution in [2.24, 2.45) is 0 Å². The van der Waals surface area contributed by atoms with Gasteiger partial charge in [0.05, 0.1) is 12.2 Å². The molecule has 6 heteroatoms. The van der Waals surface area contributed by atoms with Crippen LogP contribution in [-0.2, 0) is 11.5 Å². The van der Waals surface area contributed by atoms with Crippen LogP contribution < -0.4 is 0 Å². The van der Waals surface area contributed by atoms with E-state index in [0.717, 1.165) is 34.5 Å². The third-order valence-electron chi connectivity index (χ3n) is 4.55. The molecule has 2 unspecified atom stereocenters. The number of hydrogen-bond donors (Lipinski definition) is 2. The Bertz CT molecular complexity index is 801. The quantitative estimate of drug-likeness (QED) is 0.247. The normalized spacial score (nSPS) is 13.1. The molecule has 0 saturated carbocycles. The Kier molecular flexibility index (Phi) is 12.0. The van der Waals surface area contributed by atoms with Gasteiger partial charge in [0.25, 0.3) is 0 Å². The first-order valence-corrected chi connectivity index (χ1v) is 14.9. The molecule has 2 N–H and O–H groups in total. The molecule has 3 aromatic carbocycles. The molecular formula is C26H30O2S4. The minimum atomic E-state index is -0.299. The van der Waals surface area contributed by atoms with Crippen LogP contribution in [0.5, 0.6) is 0 Å². The number of thioether (sulfide) groups is 4. The maximum absolute atomic E-state index is 10.2. The highest BCUT2D eigenvalue weighted by atomic mass is 32.2. The van der Waals surface area contributed by atoms with E-state index in [2.05, 4.69) is 48.5 Å². The summed E-state index contributed by atoms with van der Waals surface area (Å²) in [7, 11) is 0. The van der Waals surface area contributed by atoms with Crippen LogP contribution in [0.25, 0.3) is 0 Å². The van der Waals surface area contributed by atoms with Gasteiger partial charge in [-0.3, -0.25) is 0 Å². The molecule has 32 heavy (non-hydrogen) atoms. The summed E-state index contributed by atoms with van der Waals surface area (Å²) in [6, 6.07) is 29.1. The lowest BCUT2D eigenvalue weighted by molar-refractivity contribution is 0.224. The fourth-order valence-corrected chi connectivity index (χ4v) is 6.75. The summed E-state index contributed by atoms with van der Waals surface area (Å²) in [5, 5.41) is 20.4. The first-order valence-electron chi connectivity index (χ1n) is 10.6. The molecule has 0 radical (unpaired) electrons. The molecule has 0 spiro atoms. The molecule has 0 heterocycles. The van der Waals surface area contributed by atoms with E-state index in [1.54, 1.807) is 47.0 Å². The Morgan fingerprint density at radius 3 is 1.25 bits per heavy atom. The van der Waals surface area contributed by atoms with Gasteiger partial charge in [0.15, 0.2) is 0 Å². The van der Waals surface area contributed by atoms with Crippen molar-refractivity contribution in [1.82, 2.24) is 0 Å². The van der Waals surface area contributed by atoms with E-state index in [1.165, 1.54) is 20.9 Å². The van der Waals surface area contributed by atoms with Crippen LogP contribution >= 0.6 is 47.0 Å². The molecule has 3 rings (SSSR count). The highest BCUT2D eigenvalue weighted by molar-refractivity contribution is 8.00. The summed E-state index contributed by atoms with van der Waals surface area (Å²) in [4.78, 5) is 2.40. The molecule has 3 aromatic rings. The summed E-state index contributed by atoms with van der Waals surface area (Å²) in [5.74, 6) is 4.77. The van der Waals surface area contributed by atoms with Crippen LogP contribution in [0, 0.1) is 0 Å². The van der Waals surface area contributed by atoms with Crippen LogP contribution in [0.1, 0.15) is 11.1 Å². The lowest BCUT2D eigenvalue weighted by Crippen LogP contribution is -2.13. The monoisotopic (exact) mass is 502 g/mol. The first kappa shape index (κ1) is 25.6. The predicted octanol–water partition coefficient (Wildman–Crippen LogP) is 6.46. The minimum Gasteiger partial charge on any atom is -0.391 e. The van der Waals surface area contributed by atoms with Gasteiger partial charge in [0.2, 0.25) is 0 Å². The van der Waals surface area contributed by atoms with Crippen molar-refractivity contribution in [3.05, 3.63) is 96.1 Å². The Labute approximate surface area is 209 Å². The van der Waals surface area contributed by atoms with Crippen molar-refractivity contribution in [3.8, 4) is 0 Å². The zero-order valence-electron chi connectivity index (χ0n) is 18.0. The molecule has 0 aliphatic heterocycles. The van der Waals surface area contributed by atoms with Crippen molar-refractivity contribution in [2.75, 3.05) is 23.0 Å². The third-order valence-corrected chi connectivity index (χ3v) is 9.18. The number of aliphatic hydroxyl groups is 2. The van der Waals surface area contributed by atoms with Crippen LogP contribution in [0.2, 0.25) is 0 Å². The average Bonchev–Trinajstić information content (AvgIpc) is 2.84. The van der Waals surface area contributed by atoms with Gasteiger partial charge in [-0.05, 0) is 35.4 Å². The van der Waals surface area contributed by atoms with Gasteiger partial charge in [-0.1, -0.05) is 60.7 Å². The van der Waals surface area contributed by atoms with E-state index in [4.69, 9.17) is 0 Å². The summed E-state index contributed by atoms with van der Waals surface area (Å²) in [5.41, 5.74) is 2.57. The molecule has 170 valence electrons. The summed E-state index contributed by atoms with van der Waals surface area (Å²) in [6.07, 6.45) is -0.597. The molecule has 0 aromatic heterocycles. The minimum absolute atomic E-state index is 0.299. The van der Waals surface area contributed by atoms with Gasteiger partial charge in [-0.15, -0.1) is 23.5 Å². The van der Waals surface area contributed by atoms with Gasteiger partial charge < -0.3 is 10.2 Å². The van der Waals surface area contributed by atoms with E-state index in [-0.39, 0.29) is 12.2 Å². The van der Waals surface area contributed by atoms with Crippen LogP contribution in [0.4, 0.5) is 0 Å². The van der Waals surface area contributed by atoms with E-state index < -0.39 is 0 Å². The van der Waals surface area contributed by atoms with Crippen molar-refractivity contribution in [2.45, 2.75) is 33.5 Å². The maximum atomic E-state index is 10.2. The van der Waals surface area contributed by atoms with Crippen molar-refractivity contribution in [1.29, 1.82) is 0 Å². The third kappa shape index (κ3) is 10.3. The topological polar surface area (TPSA) is 40.5 Å². The zero-order valence-corrected chi connectivity index (χ0v) is 21.3. The summed E-state index contributed by atoms with van der Waals surface area (Å²) < 4.78 is 0. The van der Waals surface area contributed by atoms with Gasteiger partial charge in [0, 0.05) is 44.3 Å². The average molecular weight is 503 g/mol. The predicted molar refractivity (Wildman–Crippen MR) is 145 cm³/mol. The molecule has 2 atom stereocenters. The SMILES string of the molecule is OC(CSCc1ccc(CSCC(O)CSc2ccccc2)cc1)CSc1ccccc1. The largest absolute Gasteiger partial charge is 0.391 e. The number of rotatable bonds is 14. The molecule has 0 amide bonds. The van der Waals surface area contributed by atoms with E-state index >= 15 is 0 Å². The molecule has 0 bridgehead atoms. The summed E-state index contributed by atoms with van der Waals surface area (Å²) in [6.45, 7) is 0. The fraction of sp³-hybridized carbons (Fsp3) is 0.308. The van der Waals surface area contributed by atoms with Crippen molar-refractivity contribution >= 4 is 47.0 Å². The van der Waals surface area contributed by atoms with E-state index in [0.29, 0.717) is 0 Å². The molecule has 0 fully saturated rings. The van der Waals surface area contributed by atoms with E-state index in [1.807, 2.05) is 36.4 Å². The van der Waals surface area contributed by atoms with Crippen LogP contribution in [0.15, 0.2) is 94.7 Å². The zero-order chi connectivity index (χ0) is 22.4. The van der Waals surface area contributed by atoms with Crippen LogP contribution in [0.3, 0.4) is 0 Å². The second kappa shape index (κ2) is 15.0. The Balaban J connectivity index is 1.26. The first-order chi connectivity index (χ1) is 15.7. The van der Waals surface area contributed by atoms with E-state index in [9.17, 15) is 10.2 Å². The molecule has 2 nitrogen and oxygen atoms in total. The molecule has 0 aliphatic carbocycles. The second-order valence-corrected chi connectivity index (χ2v) is 11.6. The van der Waals surface area contributed by atoms with Gasteiger partial charge in [-0.2, -0.15) is 23.5 Å². The van der Waals surface area contributed by atoms with Gasteiger partial charge in [0.1, 0.15) is 0 Å². The Morgan fingerprint density at radius 1 is 0.500 bits per heavy atom. The number of aliphatic hydroxyl groups excluding tert-OH is 2. The molecule has 0 aliphatic rings. The summed E-state index contributed by atoms with van der Waals surface area (Å²) >= 11 is 6.96. The fourth-order valence-electron chi connectivity index (χ4n) is 2.87. The molecule has 0 saturated heterocycles.